The van der Waals surface area contributed by atoms with E-state index in [0.717, 1.165) is 64.2 Å². The number of fused-ring (bicyclic) bond motifs is 2. The minimum atomic E-state index is -3.80. The average Bonchev–Trinajstić information content (AvgIpc) is 3.19. The van der Waals surface area contributed by atoms with Crippen LogP contribution in [0.25, 0.3) is 10.8 Å². The quantitative estimate of drug-likeness (QED) is 0.373. The lowest BCUT2D eigenvalue weighted by Crippen LogP contribution is -2.48. The molecule has 6 nitrogen and oxygen atoms in total. The summed E-state index contributed by atoms with van der Waals surface area (Å²) >= 11 is 0. The zero-order chi connectivity index (χ0) is 25.6. The van der Waals surface area contributed by atoms with Crippen molar-refractivity contribution >= 4 is 38.3 Å². The molecule has 2 aliphatic carbocycles. The first-order valence-corrected chi connectivity index (χ1v) is 15.0. The standard InChI is InChI=1S/C30H32N2O4S/c33-29-25-17-9-10-18-26(25)30(34)31(29)27-19-20-28(24-16-8-7-15-23(24)27)37(35,36)32(21-11-3-1-4-12-21)22-13-5-2-6-14-22/h7-10,15-22H,1-6,11-14H2. The highest BCUT2D eigenvalue weighted by Crippen LogP contribution is 2.40. The molecule has 0 bridgehead atoms. The molecule has 0 atom stereocenters. The van der Waals surface area contributed by atoms with E-state index in [9.17, 15) is 18.0 Å². The van der Waals surface area contributed by atoms with Crippen LogP contribution in [0, 0.1) is 0 Å². The molecule has 0 N–H and O–H groups in total. The SMILES string of the molecule is O=C1c2ccccc2C(=O)N1c1ccc(S(=O)(=O)N(C2CCCCC2)C2CCCCC2)c2ccccc12. The molecule has 0 radical (unpaired) electrons. The third-order valence-corrected chi connectivity index (χ3v) is 10.4. The normalized spacial score (nSPS) is 19.6. The molecule has 0 aromatic heterocycles. The minimum Gasteiger partial charge on any atom is -0.268 e. The number of hydrogen-bond acceptors (Lipinski definition) is 4. The Morgan fingerprint density at radius 1 is 0.622 bits per heavy atom. The van der Waals surface area contributed by atoms with Gasteiger partial charge in [0.1, 0.15) is 0 Å². The summed E-state index contributed by atoms with van der Waals surface area (Å²) in [6.45, 7) is 0. The molecule has 3 aromatic carbocycles. The summed E-state index contributed by atoms with van der Waals surface area (Å²) in [6, 6.07) is 17.3. The molecule has 1 aliphatic heterocycles. The molecule has 37 heavy (non-hydrogen) atoms. The van der Waals surface area contributed by atoms with Crippen LogP contribution < -0.4 is 4.90 Å². The largest absolute Gasteiger partial charge is 0.268 e. The van der Waals surface area contributed by atoms with Crippen molar-refractivity contribution in [3.8, 4) is 0 Å². The van der Waals surface area contributed by atoms with Crippen molar-refractivity contribution < 1.29 is 18.0 Å². The van der Waals surface area contributed by atoms with Gasteiger partial charge in [0.15, 0.2) is 0 Å². The molecule has 2 fully saturated rings. The number of imide groups is 1. The summed E-state index contributed by atoms with van der Waals surface area (Å²) in [5, 5.41) is 1.14. The fourth-order valence-electron chi connectivity index (χ4n) is 6.56. The van der Waals surface area contributed by atoms with Gasteiger partial charge in [0, 0.05) is 22.9 Å². The number of amides is 2. The van der Waals surface area contributed by atoms with Crippen molar-refractivity contribution in [2.45, 2.75) is 81.2 Å². The number of anilines is 1. The van der Waals surface area contributed by atoms with E-state index >= 15 is 0 Å². The molecule has 192 valence electrons. The number of benzene rings is 3. The fraction of sp³-hybridized carbons (Fsp3) is 0.400. The second-order valence-corrected chi connectivity index (χ2v) is 12.3. The second kappa shape index (κ2) is 9.69. The summed E-state index contributed by atoms with van der Waals surface area (Å²) in [7, 11) is -3.80. The number of carbonyl (C=O) groups excluding carboxylic acids is 2. The first-order valence-electron chi connectivity index (χ1n) is 13.5. The van der Waals surface area contributed by atoms with Gasteiger partial charge in [0.05, 0.1) is 21.7 Å². The molecule has 2 amide bonds. The van der Waals surface area contributed by atoms with Crippen LogP contribution >= 0.6 is 0 Å². The van der Waals surface area contributed by atoms with Gasteiger partial charge in [0.25, 0.3) is 11.8 Å². The van der Waals surface area contributed by atoms with Crippen LogP contribution in [-0.4, -0.2) is 36.6 Å². The van der Waals surface area contributed by atoms with Crippen LogP contribution in [0.2, 0.25) is 0 Å². The Morgan fingerprint density at radius 2 is 1.11 bits per heavy atom. The van der Waals surface area contributed by atoms with E-state index in [-0.39, 0.29) is 28.8 Å². The Balaban J connectivity index is 1.47. The van der Waals surface area contributed by atoms with Gasteiger partial charge in [-0.3, -0.25) is 9.59 Å². The topological polar surface area (TPSA) is 74.8 Å². The van der Waals surface area contributed by atoms with E-state index in [2.05, 4.69) is 0 Å². The monoisotopic (exact) mass is 516 g/mol. The van der Waals surface area contributed by atoms with Crippen molar-refractivity contribution in [1.82, 2.24) is 4.31 Å². The first-order chi connectivity index (χ1) is 18.0. The molecule has 7 heteroatoms. The summed E-state index contributed by atoms with van der Waals surface area (Å²) in [5.41, 5.74) is 1.16. The summed E-state index contributed by atoms with van der Waals surface area (Å²) < 4.78 is 30.8. The average molecular weight is 517 g/mol. The zero-order valence-corrected chi connectivity index (χ0v) is 21.8. The molecule has 0 spiro atoms. The van der Waals surface area contributed by atoms with Gasteiger partial charge in [-0.1, -0.05) is 74.9 Å². The third kappa shape index (κ3) is 4.09. The minimum absolute atomic E-state index is 0.0246. The van der Waals surface area contributed by atoms with Crippen LogP contribution in [0.5, 0.6) is 0 Å². The summed E-state index contributed by atoms with van der Waals surface area (Å²) in [6.07, 6.45) is 10.2. The van der Waals surface area contributed by atoms with Gasteiger partial charge in [-0.05, 0) is 49.9 Å². The van der Waals surface area contributed by atoms with Crippen molar-refractivity contribution in [3.05, 3.63) is 71.8 Å². The van der Waals surface area contributed by atoms with Gasteiger partial charge < -0.3 is 0 Å². The Bertz CT molecular complexity index is 1420. The molecule has 3 aliphatic rings. The maximum atomic E-state index is 14.5. The highest BCUT2D eigenvalue weighted by atomic mass is 32.2. The maximum Gasteiger partial charge on any atom is 0.266 e. The Kier molecular flexibility index (Phi) is 6.37. The molecule has 2 saturated carbocycles. The van der Waals surface area contributed by atoms with Crippen molar-refractivity contribution in [2.75, 3.05) is 4.90 Å². The van der Waals surface area contributed by atoms with Crippen LogP contribution in [0.4, 0.5) is 5.69 Å². The molecule has 3 aromatic rings. The first kappa shape index (κ1) is 24.3. The third-order valence-electron chi connectivity index (χ3n) is 8.32. The van der Waals surface area contributed by atoms with Crippen LogP contribution in [0.3, 0.4) is 0 Å². The van der Waals surface area contributed by atoms with E-state index in [4.69, 9.17) is 0 Å². The van der Waals surface area contributed by atoms with Gasteiger partial charge in [-0.25, -0.2) is 13.3 Å². The summed E-state index contributed by atoms with van der Waals surface area (Å²) in [5.74, 6) is -0.764. The van der Waals surface area contributed by atoms with E-state index in [1.54, 1.807) is 48.5 Å². The number of rotatable bonds is 5. The van der Waals surface area contributed by atoms with Gasteiger partial charge >= 0.3 is 0 Å². The number of carbonyl (C=O) groups is 2. The zero-order valence-electron chi connectivity index (χ0n) is 20.9. The predicted molar refractivity (Wildman–Crippen MR) is 144 cm³/mol. The van der Waals surface area contributed by atoms with Crippen molar-refractivity contribution in [1.29, 1.82) is 0 Å². The number of sulfonamides is 1. The van der Waals surface area contributed by atoms with Crippen molar-refractivity contribution in [2.24, 2.45) is 0 Å². The Morgan fingerprint density at radius 3 is 1.65 bits per heavy atom. The van der Waals surface area contributed by atoms with E-state index in [1.165, 1.54) is 4.90 Å². The molecular weight excluding hydrogens is 484 g/mol. The highest BCUT2D eigenvalue weighted by molar-refractivity contribution is 7.89. The van der Waals surface area contributed by atoms with E-state index in [1.807, 2.05) is 16.4 Å². The number of hydrogen-bond donors (Lipinski definition) is 0. The predicted octanol–water partition coefficient (Wildman–Crippen LogP) is 6.30. The molecule has 6 rings (SSSR count). The van der Waals surface area contributed by atoms with Crippen LogP contribution in [-0.2, 0) is 10.0 Å². The van der Waals surface area contributed by atoms with Crippen molar-refractivity contribution in [3.63, 3.8) is 0 Å². The second-order valence-electron chi connectivity index (χ2n) is 10.5. The van der Waals surface area contributed by atoms with E-state index < -0.39 is 10.0 Å². The molecule has 0 saturated heterocycles. The number of nitrogens with zero attached hydrogens (tertiary/aromatic N) is 2. The van der Waals surface area contributed by atoms with Crippen LogP contribution in [0.1, 0.15) is 84.9 Å². The lowest BCUT2D eigenvalue weighted by molar-refractivity contribution is 0.0926. The van der Waals surface area contributed by atoms with Gasteiger partial charge in [-0.2, -0.15) is 4.31 Å². The summed E-state index contributed by atoms with van der Waals surface area (Å²) in [4.78, 5) is 27.9. The molecular formula is C30H32N2O4S. The smallest absolute Gasteiger partial charge is 0.266 e. The Hall–Kier alpha value is -3.03. The van der Waals surface area contributed by atoms with E-state index in [0.29, 0.717) is 27.6 Å². The highest BCUT2D eigenvalue weighted by Gasteiger charge is 2.41. The van der Waals surface area contributed by atoms with Gasteiger partial charge in [0.2, 0.25) is 10.0 Å². The fourth-order valence-corrected chi connectivity index (χ4v) is 8.69. The van der Waals surface area contributed by atoms with Crippen LogP contribution in [0.15, 0.2) is 65.6 Å². The Labute approximate surface area is 218 Å². The maximum absolute atomic E-state index is 14.5. The molecule has 0 unspecified atom stereocenters. The lowest BCUT2D eigenvalue weighted by atomic mass is 9.91. The lowest BCUT2D eigenvalue weighted by Gasteiger charge is -2.40. The molecule has 1 heterocycles. The van der Waals surface area contributed by atoms with Gasteiger partial charge in [-0.15, -0.1) is 0 Å².